The number of methoxy groups -OCH3 is 3. The van der Waals surface area contributed by atoms with Crippen LogP contribution in [0.5, 0.6) is 17.2 Å². The molecule has 0 saturated carbocycles. The van der Waals surface area contributed by atoms with Crippen LogP contribution >= 0.6 is 11.3 Å². The Balaban J connectivity index is 1.81. The molecular weight excluding hydrogens is 416 g/mol. The molecule has 0 saturated heterocycles. The van der Waals surface area contributed by atoms with Crippen LogP contribution in [0.4, 0.5) is 5.13 Å². The fraction of sp³-hybridized carbons (Fsp3) is 0.217. The number of rotatable bonds is 7. The monoisotopic (exact) mass is 438 g/mol. The summed E-state index contributed by atoms with van der Waals surface area (Å²) in [6, 6.07) is 12.6. The topological polar surface area (TPSA) is 74.0 Å². The quantitative estimate of drug-likeness (QED) is 0.401. The third kappa shape index (κ3) is 3.94. The van der Waals surface area contributed by atoms with E-state index in [2.05, 4.69) is 0 Å². The second kappa shape index (κ2) is 8.69. The zero-order chi connectivity index (χ0) is 22.0. The molecule has 0 N–H and O–H groups in total. The van der Waals surface area contributed by atoms with Crippen LogP contribution in [0.2, 0.25) is 0 Å². The number of hydrogen-bond donors (Lipinski definition) is 0. The van der Waals surface area contributed by atoms with Crippen molar-refractivity contribution in [2.45, 2.75) is 13.5 Å². The summed E-state index contributed by atoms with van der Waals surface area (Å²) in [6.45, 7) is 2.25. The summed E-state index contributed by atoms with van der Waals surface area (Å²) in [5.41, 5.74) is 2.25. The average molecular weight is 439 g/mol. The van der Waals surface area contributed by atoms with Crippen LogP contribution < -0.4 is 19.1 Å². The predicted molar refractivity (Wildman–Crippen MR) is 120 cm³/mol. The first-order valence-corrected chi connectivity index (χ1v) is 10.4. The summed E-state index contributed by atoms with van der Waals surface area (Å²) < 4.78 is 22.6. The maximum atomic E-state index is 13.6. The Kier molecular flexibility index (Phi) is 5.81. The first-order valence-electron chi connectivity index (χ1n) is 9.56. The van der Waals surface area contributed by atoms with Gasteiger partial charge in [0.25, 0.3) is 5.91 Å². The lowest BCUT2D eigenvalue weighted by Gasteiger charge is -2.19. The molecule has 0 aliphatic heterocycles. The molecule has 160 valence electrons. The third-order valence-electron chi connectivity index (χ3n) is 4.91. The zero-order valence-corrected chi connectivity index (χ0v) is 18.5. The van der Waals surface area contributed by atoms with Crippen LogP contribution in [0.15, 0.2) is 53.1 Å². The zero-order valence-electron chi connectivity index (χ0n) is 17.7. The Morgan fingerprint density at radius 2 is 1.77 bits per heavy atom. The van der Waals surface area contributed by atoms with E-state index in [1.807, 2.05) is 25.1 Å². The van der Waals surface area contributed by atoms with E-state index >= 15 is 0 Å². The summed E-state index contributed by atoms with van der Waals surface area (Å²) in [7, 11) is 4.70. The number of thiazole rings is 1. The Morgan fingerprint density at radius 1 is 1.03 bits per heavy atom. The lowest BCUT2D eigenvalue weighted by Crippen LogP contribution is -2.30. The van der Waals surface area contributed by atoms with Crippen LogP contribution in [-0.2, 0) is 6.54 Å². The van der Waals surface area contributed by atoms with E-state index < -0.39 is 0 Å². The van der Waals surface area contributed by atoms with Gasteiger partial charge in [-0.2, -0.15) is 0 Å². The molecule has 0 spiro atoms. The Bertz CT molecular complexity index is 1220. The van der Waals surface area contributed by atoms with E-state index in [1.165, 1.54) is 18.4 Å². The lowest BCUT2D eigenvalue weighted by atomic mass is 10.1. The highest BCUT2D eigenvalue weighted by atomic mass is 32.1. The molecule has 0 fully saturated rings. The fourth-order valence-corrected chi connectivity index (χ4v) is 4.34. The van der Waals surface area contributed by atoms with Crippen molar-refractivity contribution in [3.63, 3.8) is 0 Å². The maximum absolute atomic E-state index is 13.6. The van der Waals surface area contributed by atoms with Crippen molar-refractivity contribution in [2.75, 3.05) is 26.2 Å². The van der Waals surface area contributed by atoms with Crippen molar-refractivity contribution in [3.05, 3.63) is 65.6 Å². The minimum absolute atomic E-state index is 0.229. The molecule has 0 radical (unpaired) electrons. The summed E-state index contributed by atoms with van der Waals surface area (Å²) in [5.74, 6) is 2.12. The van der Waals surface area contributed by atoms with Gasteiger partial charge in [0.05, 0.1) is 38.8 Å². The van der Waals surface area contributed by atoms with Gasteiger partial charge in [-0.15, -0.1) is 0 Å². The summed E-state index contributed by atoms with van der Waals surface area (Å²) >= 11 is 1.44. The van der Waals surface area contributed by atoms with E-state index in [9.17, 15) is 4.79 Å². The minimum Gasteiger partial charge on any atom is -0.494 e. The van der Waals surface area contributed by atoms with Gasteiger partial charge in [0.1, 0.15) is 17.0 Å². The van der Waals surface area contributed by atoms with Gasteiger partial charge in [-0.25, -0.2) is 4.98 Å². The highest BCUT2D eigenvalue weighted by Crippen LogP contribution is 2.38. The predicted octanol–water partition coefficient (Wildman–Crippen LogP) is 5.07. The largest absolute Gasteiger partial charge is 0.494 e. The second-order valence-corrected chi connectivity index (χ2v) is 7.78. The van der Waals surface area contributed by atoms with Crippen molar-refractivity contribution >= 4 is 32.6 Å². The molecule has 0 atom stereocenters. The standard InChI is InChI=1S/C23H22N2O5S/c1-14-7-9-18(28-3)20-21(14)31-23(24-20)25(13-16-6-5-11-30-16)22(26)15-8-10-17(27-2)19(12-15)29-4/h5-12H,13H2,1-4H3. The van der Waals surface area contributed by atoms with E-state index in [1.54, 1.807) is 49.6 Å². The van der Waals surface area contributed by atoms with Crippen molar-refractivity contribution in [1.29, 1.82) is 0 Å². The molecule has 31 heavy (non-hydrogen) atoms. The number of amides is 1. The number of anilines is 1. The number of benzene rings is 2. The number of furan rings is 1. The smallest absolute Gasteiger partial charge is 0.260 e. The molecule has 8 heteroatoms. The number of ether oxygens (including phenoxy) is 3. The fourth-order valence-electron chi connectivity index (χ4n) is 3.29. The van der Waals surface area contributed by atoms with Crippen LogP contribution in [0.3, 0.4) is 0 Å². The molecule has 0 unspecified atom stereocenters. The van der Waals surface area contributed by atoms with Gasteiger partial charge in [0.15, 0.2) is 16.6 Å². The van der Waals surface area contributed by atoms with Crippen LogP contribution in [-0.4, -0.2) is 32.2 Å². The van der Waals surface area contributed by atoms with Gasteiger partial charge >= 0.3 is 0 Å². The Hall–Kier alpha value is -3.52. The molecule has 1 amide bonds. The number of fused-ring (bicyclic) bond motifs is 1. The number of hydrogen-bond acceptors (Lipinski definition) is 7. The van der Waals surface area contributed by atoms with Crippen molar-refractivity contribution < 1.29 is 23.4 Å². The van der Waals surface area contributed by atoms with Gasteiger partial charge in [-0.05, 0) is 48.9 Å². The Morgan fingerprint density at radius 3 is 2.45 bits per heavy atom. The molecular formula is C23H22N2O5S. The molecule has 2 aromatic carbocycles. The van der Waals surface area contributed by atoms with Crippen molar-refractivity contribution in [1.82, 2.24) is 4.98 Å². The summed E-state index contributed by atoms with van der Waals surface area (Å²) in [4.78, 5) is 19.9. The minimum atomic E-state index is -0.229. The lowest BCUT2D eigenvalue weighted by molar-refractivity contribution is 0.0983. The molecule has 2 aromatic heterocycles. The average Bonchev–Trinajstić information content (AvgIpc) is 3.47. The number of aromatic nitrogens is 1. The van der Waals surface area contributed by atoms with Crippen LogP contribution in [0, 0.1) is 6.92 Å². The van der Waals surface area contributed by atoms with Gasteiger partial charge in [0, 0.05) is 5.56 Å². The first-order chi connectivity index (χ1) is 15.0. The molecule has 0 aliphatic rings. The van der Waals surface area contributed by atoms with Crippen molar-refractivity contribution in [2.24, 2.45) is 0 Å². The van der Waals surface area contributed by atoms with Gasteiger partial charge in [-0.1, -0.05) is 17.4 Å². The Labute approximate surface area is 183 Å². The third-order valence-corrected chi connectivity index (χ3v) is 6.13. The summed E-state index contributed by atoms with van der Waals surface area (Å²) in [5, 5.41) is 0.554. The van der Waals surface area contributed by atoms with Crippen molar-refractivity contribution in [3.8, 4) is 17.2 Å². The number of carbonyl (C=O) groups excluding carboxylic acids is 1. The molecule has 2 heterocycles. The normalized spacial score (nSPS) is 10.8. The van der Waals surface area contributed by atoms with Gasteiger partial charge in [0.2, 0.25) is 0 Å². The van der Waals surface area contributed by atoms with Crippen LogP contribution in [0.25, 0.3) is 10.2 Å². The number of nitrogens with zero attached hydrogens (tertiary/aromatic N) is 2. The van der Waals surface area contributed by atoms with E-state index in [-0.39, 0.29) is 12.5 Å². The van der Waals surface area contributed by atoms with Crippen LogP contribution in [0.1, 0.15) is 21.7 Å². The summed E-state index contributed by atoms with van der Waals surface area (Å²) in [6.07, 6.45) is 1.58. The van der Waals surface area contributed by atoms with E-state index in [0.717, 1.165) is 15.8 Å². The molecule has 0 aliphatic carbocycles. The molecule has 4 rings (SSSR count). The first kappa shape index (κ1) is 20.7. The van der Waals surface area contributed by atoms with Gasteiger partial charge < -0.3 is 18.6 Å². The second-order valence-electron chi connectivity index (χ2n) is 6.80. The number of carbonyl (C=O) groups is 1. The highest BCUT2D eigenvalue weighted by molar-refractivity contribution is 7.22. The molecule has 7 nitrogen and oxygen atoms in total. The highest BCUT2D eigenvalue weighted by Gasteiger charge is 2.25. The van der Waals surface area contributed by atoms with E-state index in [0.29, 0.717) is 33.7 Å². The van der Waals surface area contributed by atoms with Gasteiger partial charge in [-0.3, -0.25) is 9.69 Å². The molecule has 0 bridgehead atoms. The molecule has 4 aromatic rings. The SMILES string of the molecule is COc1ccc(C(=O)N(Cc2ccco2)c2nc3c(OC)ccc(C)c3s2)cc1OC. The maximum Gasteiger partial charge on any atom is 0.260 e. The van der Waals surface area contributed by atoms with E-state index in [4.69, 9.17) is 23.6 Å². The number of aryl methyl sites for hydroxylation is 1.